The zero-order chi connectivity index (χ0) is 11.5. The Hall–Kier alpha value is -2.60. The average Bonchev–Trinajstić information content (AvgIpc) is 2.80. The maximum atomic E-state index is 4.38. The molecule has 0 radical (unpaired) electrons. The fourth-order valence-electron chi connectivity index (χ4n) is 1.58. The Morgan fingerprint density at radius 2 is 1.94 bits per heavy atom. The SMILES string of the molecule is C(#Cc1nc2ccccc2[nH]1)c1cccnc1. The molecule has 3 aromatic rings. The minimum Gasteiger partial charge on any atom is -0.331 e. The second kappa shape index (κ2) is 4.11. The Balaban J connectivity index is 1.98. The number of aromatic amines is 1. The molecule has 17 heavy (non-hydrogen) atoms. The number of hydrogen-bond acceptors (Lipinski definition) is 2. The van der Waals surface area contributed by atoms with Crippen LogP contribution < -0.4 is 0 Å². The summed E-state index contributed by atoms with van der Waals surface area (Å²) in [6, 6.07) is 11.7. The number of pyridine rings is 1. The number of aromatic nitrogens is 3. The molecule has 0 atom stereocenters. The van der Waals surface area contributed by atoms with Crippen LogP contribution in [0.4, 0.5) is 0 Å². The van der Waals surface area contributed by atoms with Crippen molar-refractivity contribution in [3.8, 4) is 11.8 Å². The van der Waals surface area contributed by atoms with Crippen molar-refractivity contribution in [2.45, 2.75) is 0 Å². The first-order valence-corrected chi connectivity index (χ1v) is 5.28. The third kappa shape index (κ3) is 2.01. The van der Waals surface area contributed by atoms with Gasteiger partial charge in [-0.2, -0.15) is 0 Å². The number of nitrogens with one attached hydrogen (secondary N) is 1. The van der Waals surface area contributed by atoms with Crippen molar-refractivity contribution in [1.82, 2.24) is 15.0 Å². The Morgan fingerprint density at radius 1 is 1.00 bits per heavy atom. The van der Waals surface area contributed by atoms with Gasteiger partial charge in [0, 0.05) is 18.0 Å². The molecular formula is C14H9N3. The largest absolute Gasteiger partial charge is 0.331 e. The highest BCUT2D eigenvalue weighted by atomic mass is 14.9. The normalized spacial score (nSPS) is 9.88. The van der Waals surface area contributed by atoms with E-state index in [9.17, 15) is 0 Å². The van der Waals surface area contributed by atoms with Crippen LogP contribution in [0.5, 0.6) is 0 Å². The molecule has 3 heteroatoms. The molecule has 80 valence electrons. The van der Waals surface area contributed by atoms with E-state index in [1.807, 2.05) is 36.4 Å². The molecule has 2 aromatic heterocycles. The first-order valence-electron chi connectivity index (χ1n) is 5.28. The molecule has 2 heterocycles. The van der Waals surface area contributed by atoms with Gasteiger partial charge < -0.3 is 4.98 Å². The summed E-state index contributed by atoms with van der Waals surface area (Å²) in [4.78, 5) is 11.5. The van der Waals surface area contributed by atoms with E-state index in [0.29, 0.717) is 5.82 Å². The highest BCUT2D eigenvalue weighted by Crippen LogP contribution is 2.09. The summed E-state index contributed by atoms with van der Waals surface area (Å²) in [5.74, 6) is 6.69. The fraction of sp³-hybridized carbons (Fsp3) is 0. The quantitative estimate of drug-likeness (QED) is 0.590. The van der Waals surface area contributed by atoms with Crippen molar-refractivity contribution >= 4 is 11.0 Å². The molecule has 0 aliphatic rings. The molecular weight excluding hydrogens is 210 g/mol. The van der Waals surface area contributed by atoms with Crippen molar-refractivity contribution in [3.05, 3.63) is 60.2 Å². The van der Waals surface area contributed by atoms with E-state index in [1.54, 1.807) is 12.4 Å². The van der Waals surface area contributed by atoms with Crippen LogP contribution >= 0.6 is 0 Å². The van der Waals surface area contributed by atoms with E-state index in [4.69, 9.17) is 0 Å². The number of nitrogens with zero attached hydrogens (tertiary/aromatic N) is 2. The third-order valence-corrected chi connectivity index (χ3v) is 2.38. The average molecular weight is 219 g/mol. The molecule has 3 rings (SSSR count). The molecule has 0 spiro atoms. The van der Waals surface area contributed by atoms with Crippen molar-refractivity contribution in [2.75, 3.05) is 0 Å². The van der Waals surface area contributed by atoms with E-state index in [-0.39, 0.29) is 0 Å². The van der Waals surface area contributed by atoms with Crippen LogP contribution in [0, 0.1) is 11.8 Å². The van der Waals surface area contributed by atoms with Crippen LogP contribution in [0.15, 0.2) is 48.8 Å². The van der Waals surface area contributed by atoms with E-state index in [0.717, 1.165) is 16.6 Å². The van der Waals surface area contributed by atoms with E-state index < -0.39 is 0 Å². The number of H-pyrrole nitrogens is 1. The Kier molecular flexibility index (Phi) is 2.32. The van der Waals surface area contributed by atoms with Gasteiger partial charge in [0.2, 0.25) is 0 Å². The van der Waals surface area contributed by atoms with Crippen LogP contribution in [0.2, 0.25) is 0 Å². The van der Waals surface area contributed by atoms with Crippen molar-refractivity contribution in [3.63, 3.8) is 0 Å². The number of imidazole rings is 1. The highest BCUT2D eigenvalue weighted by Gasteiger charge is 1.97. The summed E-state index contributed by atoms with van der Waals surface area (Å²) in [5.41, 5.74) is 2.82. The lowest BCUT2D eigenvalue weighted by Crippen LogP contribution is -1.78. The maximum Gasteiger partial charge on any atom is 0.184 e. The number of benzene rings is 1. The van der Waals surface area contributed by atoms with Gasteiger partial charge in [0.05, 0.1) is 11.0 Å². The smallest absolute Gasteiger partial charge is 0.184 e. The molecule has 3 nitrogen and oxygen atoms in total. The summed E-state index contributed by atoms with van der Waals surface area (Å²) in [5, 5.41) is 0. The zero-order valence-electron chi connectivity index (χ0n) is 9.01. The lowest BCUT2D eigenvalue weighted by molar-refractivity contribution is 1.28. The number of rotatable bonds is 0. The minimum atomic E-state index is 0.676. The monoisotopic (exact) mass is 219 g/mol. The zero-order valence-corrected chi connectivity index (χ0v) is 9.01. The van der Waals surface area contributed by atoms with Crippen molar-refractivity contribution < 1.29 is 0 Å². The van der Waals surface area contributed by atoms with Gasteiger partial charge in [-0.1, -0.05) is 18.1 Å². The second-order valence-corrected chi connectivity index (χ2v) is 3.59. The molecule has 0 saturated carbocycles. The van der Waals surface area contributed by atoms with Crippen LogP contribution in [0.1, 0.15) is 11.4 Å². The summed E-state index contributed by atoms with van der Waals surface area (Å²) in [7, 11) is 0. The van der Waals surface area contributed by atoms with Crippen LogP contribution in [0.25, 0.3) is 11.0 Å². The summed E-state index contributed by atoms with van der Waals surface area (Å²) in [6.45, 7) is 0. The first kappa shape index (κ1) is 9.61. The molecule has 0 bridgehead atoms. The maximum absolute atomic E-state index is 4.38. The second-order valence-electron chi connectivity index (χ2n) is 3.59. The lowest BCUT2D eigenvalue weighted by atomic mass is 10.3. The van der Waals surface area contributed by atoms with E-state index >= 15 is 0 Å². The van der Waals surface area contributed by atoms with Crippen molar-refractivity contribution in [2.24, 2.45) is 0 Å². The molecule has 1 N–H and O–H groups in total. The third-order valence-electron chi connectivity index (χ3n) is 2.38. The lowest BCUT2D eigenvalue weighted by Gasteiger charge is -1.84. The van der Waals surface area contributed by atoms with Gasteiger partial charge in [-0.25, -0.2) is 4.98 Å². The van der Waals surface area contributed by atoms with Crippen LogP contribution in [-0.2, 0) is 0 Å². The highest BCUT2D eigenvalue weighted by molar-refractivity contribution is 5.75. The summed E-state index contributed by atoms with van der Waals surface area (Å²) < 4.78 is 0. The summed E-state index contributed by atoms with van der Waals surface area (Å²) in [6.07, 6.45) is 3.46. The van der Waals surface area contributed by atoms with Gasteiger partial charge in [-0.3, -0.25) is 4.98 Å². The van der Waals surface area contributed by atoms with Gasteiger partial charge in [0.25, 0.3) is 0 Å². The van der Waals surface area contributed by atoms with Gasteiger partial charge in [-0.05, 0) is 30.2 Å². The predicted molar refractivity (Wildman–Crippen MR) is 66.3 cm³/mol. The molecule has 0 aliphatic heterocycles. The van der Waals surface area contributed by atoms with E-state index in [1.165, 1.54) is 0 Å². The molecule has 0 fully saturated rings. The standard InChI is InChI=1S/C14H9N3/c1-2-6-13-12(5-1)16-14(17-13)8-7-11-4-3-9-15-10-11/h1-6,9-10H,(H,16,17). The van der Waals surface area contributed by atoms with Crippen LogP contribution in [0.3, 0.4) is 0 Å². The van der Waals surface area contributed by atoms with Crippen molar-refractivity contribution in [1.29, 1.82) is 0 Å². The number of fused-ring (bicyclic) bond motifs is 1. The van der Waals surface area contributed by atoms with Crippen LogP contribution in [-0.4, -0.2) is 15.0 Å². The first-order chi connectivity index (χ1) is 8.42. The summed E-state index contributed by atoms with van der Waals surface area (Å²) >= 11 is 0. The van der Waals surface area contributed by atoms with Gasteiger partial charge in [-0.15, -0.1) is 0 Å². The van der Waals surface area contributed by atoms with E-state index in [2.05, 4.69) is 26.8 Å². The van der Waals surface area contributed by atoms with Gasteiger partial charge in [0.15, 0.2) is 5.82 Å². The minimum absolute atomic E-state index is 0.676. The Labute approximate surface area is 98.5 Å². The molecule has 0 aliphatic carbocycles. The van der Waals surface area contributed by atoms with Gasteiger partial charge in [0.1, 0.15) is 0 Å². The molecule has 0 saturated heterocycles. The number of para-hydroxylation sites is 2. The Bertz CT molecular complexity index is 669. The Morgan fingerprint density at radius 3 is 2.76 bits per heavy atom. The molecule has 1 aromatic carbocycles. The fourth-order valence-corrected chi connectivity index (χ4v) is 1.58. The predicted octanol–water partition coefficient (Wildman–Crippen LogP) is 2.36. The molecule has 0 unspecified atom stereocenters. The molecule has 0 amide bonds. The van der Waals surface area contributed by atoms with Gasteiger partial charge >= 0.3 is 0 Å². The number of hydrogen-bond donors (Lipinski definition) is 1. The topological polar surface area (TPSA) is 41.6 Å².